The second kappa shape index (κ2) is 4.81. The summed E-state index contributed by atoms with van der Waals surface area (Å²) in [5.74, 6) is -0.814. The maximum Gasteiger partial charge on any atom is 0.303 e. The molecular weight excluding hydrogens is 236 g/mol. The molecule has 0 radical (unpaired) electrons. The number of benzene rings is 1. The molecule has 1 unspecified atom stereocenters. The van der Waals surface area contributed by atoms with Crippen LogP contribution in [0.15, 0.2) is 18.2 Å². The van der Waals surface area contributed by atoms with Gasteiger partial charge in [-0.2, -0.15) is 0 Å². The molecule has 0 saturated carbocycles. The Kier molecular flexibility index (Phi) is 3.40. The predicted octanol–water partition coefficient (Wildman–Crippen LogP) is 2.47. The molecule has 2 aromatic rings. The van der Waals surface area contributed by atoms with Crippen molar-refractivity contribution >= 4 is 27.5 Å². The maximum absolute atomic E-state index is 10.5. The van der Waals surface area contributed by atoms with Gasteiger partial charge in [0, 0.05) is 12.5 Å². The van der Waals surface area contributed by atoms with Crippen LogP contribution in [0.3, 0.4) is 0 Å². The van der Waals surface area contributed by atoms with Crippen molar-refractivity contribution < 1.29 is 9.90 Å². The number of carbonyl (C=O) groups is 1. The first kappa shape index (κ1) is 12.0. The van der Waals surface area contributed by atoms with Gasteiger partial charge in [-0.05, 0) is 31.0 Å². The van der Waals surface area contributed by atoms with Crippen LogP contribution in [0, 0.1) is 6.92 Å². The summed E-state index contributed by atoms with van der Waals surface area (Å²) in [7, 11) is 0. The van der Waals surface area contributed by atoms with Gasteiger partial charge in [0.05, 0.1) is 15.2 Å². The van der Waals surface area contributed by atoms with Crippen LogP contribution in [0.2, 0.25) is 0 Å². The lowest BCUT2D eigenvalue weighted by Gasteiger charge is -2.10. The number of nitrogens with zero attached hydrogens (tertiary/aromatic N) is 1. The van der Waals surface area contributed by atoms with Gasteiger partial charge >= 0.3 is 5.97 Å². The van der Waals surface area contributed by atoms with E-state index in [9.17, 15) is 4.79 Å². The molecule has 2 rings (SSSR count). The average molecular weight is 250 g/mol. The molecular formula is C12H14N2O2S. The Morgan fingerprint density at radius 1 is 1.59 bits per heavy atom. The number of carboxylic acids is 1. The molecule has 1 aromatic carbocycles. The largest absolute Gasteiger partial charge is 0.481 e. The minimum atomic E-state index is -0.814. The summed E-state index contributed by atoms with van der Waals surface area (Å²) in [5.41, 5.74) is 7.84. The van der Waals surface area contributed by atoms with E-state index in [1.807, 2.05) is 25.1 Å². The molecule has 0 bridgehead atoms. The lowest BCUT2D eigenvalue weighted by Crippen LogP contribution is -2.12. The fourth-order valence-electron chi connectivity index (χ4n) is 1.74. The first-order valence-corrected chi connectivity index (χ1v) is 6.22. The summed E-state index contributed by atoms with van der Waals surface area (Å²) in [6.45, 7) is 1.97. The van der Waals surface area contributed by atoms with Gasteiger partial charge in [-0.25, -0.2) is 4.98 Å². The molecule has 0 fully saturated rings. The van der Waals surface area contributed by atoms with Gasteiger partial charge in [0.2, 0.25) is 0 Å². The van der Waals surface area contributed by atoms with Crippen molar-refractivity contribution in [3.05, 3.63) is 28.8 Å². The SMILES string of the molecule is Cc1nc2cc(C(N)CCC(=O)O)ccc2s1. The third-order valence-corrected chi connectivity index (χ3v) is 3.57. The van der Waals surface area contributed by atoms with E-state index in [1.165, 1.54) is 0 Å². The number of nitrogens with two attached hydrogens (primary N) is 1. The highest BCUT2D eigenvalue weighted by molar-refractivity contribution is 7.18. The van der Waals surface area contributed by atoms with Crippen LogP contribution in [0.25, 0.3) is 10.2 Å². The van der Waals surface area contributed by atoms with E-state index >= 15 is 0 Å². The number of rotatable bonds is 4. The Labute approximate surface area is 103 Å². The number of aryl methyl sites for hydroxylation is 1. The Bertz CT molecular complexity index is 550. The standard InChI is InChI=1S/C12H14N2O2S/c1-7-14-10-6-8(2-4-11(10)17-7)9(13)3-5-12(15)16/h2,4,6,9H,3,5,13H2,1H3,(H,15,16). The van der Waals surface area contributed by atoms with E-state index in [2.05, 4.69) is 4.98 Å². The zero-order chi connectivity index (χ0) is 12.4. The first-order chi connectivity index (χ1) is 8.06. The number of fused-ring (bicyclic) bond motifs is 1. The number of hydrogen-bond acceptors (Lipinski definition) is 4. The van der Waals surface area contributed by atoms with E-state index in [0.717, 1.165) is 20.8 Å². The van der Waals surface area contributed by atoms with Crippen LogP contribution < -0.4 is 5.73 Å². The molecule has 1 aromatic heterocycles. The molecule has 0 spiro atoms. The molecule has 0 aliphatic heterocycles. The zero-order valence-electron chi connectivity index (χ0n) is 9.51. The molecule has 17 heavy (non-hydrogen) atoms. The molecule has 0 amide bonds. The third kappa shape index (κ3) is 2.81. The fraction of sp³-hybridized carbons (Fsp3) is 0.333. The smallest absolute Gasteiger partial charge is 0.303 e. The quantitative estimate of drug-likeness (QED) is 0.874. The summed E-state index contributed by atoms with van der Waals surface area (Å²) in [6.07, 6.45) is 0.541. The van der Waals surface area contributed by atoms with Gasteiger partial charge in [-0.3, -0.25) is 4.79 Å². The minimum absolute atomic E-state index is 0.0926. The van der Waals surface area contributed by atoms with E-state index < -0.39 is 5.97 Å². The van der Waals surface area contributed by atoms with Crippen LogP contribution in [0.1, 0.15) is 29.5 Å². The van der Waals surface area contributed by atoms with Gasteiger partial charge < -0.3 is 10.8 Å². The van der Waals surface area contributed by atoms with E-state index in [0.29, 0.717) is 6.42 Å². The van der Waals surface area contributed by atoms with Crippen LogP contribution in [0.4, 0.5) is 0 Å². The van der Waals surface area contributed by atoms with Crippen molar-refractivity contribution in [2.75, 3.05) is 0 Å². The average Bonchev–Trinajstić information content (AvgIpc) is 2.64. The minimum Gasteiger partial charge on any atom is -0.481 e. The lowest BCUT2D eigenvalue weighted by atomic mass is 10.0. The van der Waals surface area contributed by atoms with E-state index in [1.54, 1.807) is 11.3 Å². The molecule has 0 aliphatic carbocycles. The number of carboxylic acid groups (broad SMARTS) is 1. The van der Waals surface area contributed by atoms with Gasteiger partial charge in [0.25, 0.3) is 0 Å². The second-order valence-corrected chi connectivity index (χ2v) is 5.23. The van der Waals surface area contributed by atoms with Crippen molar-refractivity contribution in [1.82, 2.24) is 4.98 Å². The van der Waals surface area contributed by atoms with Crippen molar-refractivity contribution in [1.29, 1.82) is 0 Å². The number of hydrogen-bond donors (Lipinski definition) is 2. The summed E-state index contributed by atoms with van der Waals surface area (Å²) in [6, 6.07) is 5.66. The molecule has 1 heterocycles. The molecule has 3 N–H and O–H groups in total. The topological polar surface area (TPSA) is 76.2 Å². The Balaban J connectivity index is 2.20. The highest BCUT2D eigenvalue weighted by Gasteiger charge is 2.10. The lowest BCUT2D eigenvalue weighted by molar-refractivity contribution is -0.137. The number of aliphatic carboxylic acids is 1. The predicted molar refractivity (Wildman–Crippen MR) is 68.2 cm³/mol. The summed E-state index contributed by atoms with van der Waals surface area (Å²) >= 11 is 1.64. The van der Waals surface area contributed by atoms with Crippen LogP contribution in [-0.2, 0) is 4.79 Å². The summed E-state index contributed by atoms with van der Waals surface area (Å²) < 4.78 is 1.14. The second-order valence-electron chi connectivity index (χ2n) is 4.00. The maximum atomic E-state index is 10.5. The molecule has 0 saturated heterocycles. The Morgan fingerprint density at radius 2 is 2.35 bits per heavy atom. The van der Waals surface area contributed by atoms with E-state index in [4.69, 9.17) is 10.8 Å². The molecule has 90 valence electrons. The van der Waals surface area contributed by atoms with Gasteiger partial charge in [0.1, 0.15) is 0 Å². The van der Waals surface area contributed by atoms with Crippen molar-refractivity contribution in [3.8, 4) is 0 Å². The van der Waals surface area contributed by atoms with Gasteiger partial charge in [0.15, 0.2) is 0 Å². The monoisotopic (exact) mass is 250 g/mol. The van der Waals surface area contributed by atoms with Gasteiger partial charge in [-0.1, -0.05) is 6.07 Å². The molecule has 0 aliphatic rings. The van der Waals surface area contributed by atoms with Crippen molar-refractivity contribution in [2.45, 2.75) is 25.8 Å². The van der Waals surface area contributed by atoms with E-state index in [-0.39, 0.29) is 12.5 Å². The van der Waals surface area contributed by atoms with Gasteiger partial charge in [-0.15, -0.1) is 11.3 Å². The van der Waals surface area contributed by atoms with Crippen molar-refractivity contribution in [2.24, 2.45) is 5.73 Å². The normalized spacial score (nSPS) is 12.8. The fourth-order valence-corrected chi connectivity index (χ4v) is 2.54. The molecule has 1 atom stereocenters. The highest BCUT2D eigenvalue weighted by Crippen LogP contribution is 2.25. The number of aromatic nitrogens is 1. The summed E-state index contributed by atoms with van der Waals surface area (Å²) in [4.78, 5) is 14.9. The van der Waals surface area contributed by atoms with Crippen LogP contribution in [0.5, 0.6) is 0 Å². The summed E-state index contributed by atoms with van der Waals surface area (Å²) in [5, 5.41) is 9.64. The zero-order valence-corrected chi connectivity index (χ0v) is 10.3. The number of thiazole rings is 1. The van der Waals surface area contributed by atoms with Crippen molar-refractivity contribution in [3.63, 3.8) is 0 Å². The Hall–Kier alpha value is -1.46. The van der Waals surface area contributed by atoms with Crippen LogP contribution in [-0.4, -0.2) is 16.1 Å². The molecule has 5 heteroatoms. The van der Waals surface area contributed by atoms with Crippen LogP contribution >= 0.6 is 11.3 Å². The highest BCUT2D eigenvalue weighted by atomic mass is 32.1. The first-order valence-electron chi connectivity index (χ1n) is 5.41. The third-order valence-electron chi connectivity index (χ3n) is 2.62. The molecule has 4 nitrogen and oxygen atoms in total. The Morgan fingerprint density at radius 3 is 3.06 bits per heavy atom.